The van der Waals surface area contributed by atoms with Crippen LogP contribution in [0, 0.1) is 0 Å². The van der Waals surface area contributed by atoms with E-state index in [-0.39, 0.29) is 5.91 Å². The second-order valence-electron chi connectivity index (χ2n) is 5.84. The number of aromatic nitrogens is 3. The summed E-state index contributed by atoms with van der Waals surface area (Å²) in [7, 11) is 0. The summed E-state index contributed by atoms with van der Waals surface area (Å²) in [6, 6.07) is 11.3. The SMILES string of the molecule is O=C(Nc1ncccc1N1CCNCC1)c1cnnc2ccccc12. The summed E-state index contributed by atoms with van der Waals surface area (Å²) in [4.78, 5) is 19.4. The zero-order valence-electron chi connectivity index (χ0n) is 13.6. The molecule has 1 fully saturated rings. The van der Waals surface area contributed by atoms with Gasteiger partial charge in [-0.15, -0.1) is 0 Å². The number of hydrogen-bond donors (Lipinski definition) is 2. The van der Waals surface area contributed by atoms with E-state index < -0.39 is 0 Å². The fraction of sp³-hybridized carbons (Fsp3) is 0.222. The predicted octanol–water partition coefficient (Wildman–Crippen LogP) is 1.69. The first-order valence-corrected chi connectivity index (χ1v) is 8.25. The standard InChI is InChI=1S/C18H18N6O/c25-18(14-12-21-23-15-5-2-1-4-13(14)15)22-17-16(6-3-7-20-17)24-10-8-19-9-11-24/h1-7,12,19H,8-11H2,(H,20,22,25). The Labute approximate surface area is 145 Å². The normalized spacial score (nSPS) is 14.5. The minimum atomic E-state index is -0.235. The molecule has 1 aliphatic heterocycles. The van der Waals surface area contributed by atoms with Crippen molar-refractivity contribution in [2.75, 3.05) is 36.4 Å². The molecule has 0 radical (unpaired) electrons. The van der Waals surface area contributed by atoms with Crippen molar-refractivity contribution in [1.29, 1.82) is 0 Å². The third-order valence-electron chi connectivity index (χ3n) is 4.27. The lowest BCUT2D eigenvalue weighted by Gasteiger charge is -2.30. The first-order chi connectivity index (χ1) is 12.3. The Morgan fingerprint density at radius 3 is 2.84 bits per heavy atom. The van der Waals surface area contributed by atoms with Gasteiger partial charge in [-0.25, -0.2) is 4.98 Å². The van der Waals surface area contributed by atoms with E-state index in [1.54, 1.807) is 6.20 Å². The van der Waals surface area contributed by atoms with Crippen molar-refractivity contribution >= 4 is 28.3 Å². The lowest BCUT2D eigenvalue weighted by atomic mass is 10.1. The van der Waals surface area contributed by atoms with Gasteiger partial charge in [-0.2, -0.15) is 10.2 Å². The second-order valence-corrected chi connectivity index (χ2v) is 5.84. The van der Waals surface area contributed by atoms with Gasteiger partial charge < -0.3 is 15.5 Å². The maximum atomic E-state index is 12.8. The molecule has 3 aromatic rings. The summed E-state index contributed by atoms with van der Waals surface area (Å²) in [6.07, 6.45) is 3.18. The number of amides is 1. The zero-order chi connectivity index (χ0) is 17.1. The molecular weight excluding hydrogens is 316 g/mol. The van der Waals surface area contributed by atoms with Gasteiger partial charge >= 0.3 is 0 Å². The van der Waals surface area contributed by atoms with E-state index in [0.717, 1.165) is 37.3 Å². The molecule has 4 rings (SSSR count). The number of nitrogens with zero attached hydrogens (tertiary/aromatic N) is 4. The quantitative estimate of drug-likeness (QED) is 0.758. The summed E-state index contributed by atoms with van der Waals surface area (Å²) in [5.41, 5.74) is 2.12. The highest BCUT2D eigenvalue weighted by molar-refractivity contribution is 6.12. The number of hydrogen-bond acceptors (Lipinski definition) is 6. The van der Waals surface area contributed by atoms with Crippen LogP contribution < -0.4 is 15.5 Å². The molecule has 7 heteroatoms. The second kappa shape index (κ2) is 6.82. The first kappa shape index (κ1) is 15.5. The smallest absolute Gasteiger partial charge is 0.259 e. The summed E-state index contributed by atoms with van der Waals surface area (Å²) in [6.45, 7) is 3.60. The maximum Gasteiger partial charge on any atom is 0.259 e. The minimum absolute atomic E-state index is 0.235. The number of fused-ring (bicyclic) bond motifs is 1. The molecule has 1 aromatic carbocycles. The predicted molar refractivity (Wildman–Crippen MR) is 96.8 cm³/mol. The van der Waals surface area contributed by atoms with E-state index in [1.165, 1.54) is 6.20 Å². The largest absolute Gasteiger partial charge is 0.366 e. The van der Waals surface area contributed by atoms with Crippen LogP contribution in [0.1, 0.15) is 10.4 Å². The topological polar surface area (TPSA) is 83.0 Å². The molecule has 1 aliphatic rings. The van der Waals surface area contributed by atoms with Gasteiger partial charge in [-0.1, -0.05) is 18.2 Å². The number of benzene rings is 1. The van der Waals surface area contributed by atoms with Crippen molar-refractivity contribution < 1.29 is 4.79 Å². The Kier molecular flexibility index (Phi) is 4.22. The van der Waals surface area contributed by atoms with Crippen LogP contribution in [0.3, 0.4) is 0 Å². The first-order valence-electron chi connectivity index (χ1n) is 8.25. The van der Waals surface area contributed by atoms with Crippen LogP contribution in [0.25, 0.3) is 10.9 Å². The molecule has 0 bridgehead atoms. The third kappa shape index (κ3) is 3.14. The number of carbonyl (C=O) groups is 1. The number of carbonyl (C=O) groups excluding carboxylic acids is 1. The van der Waals surface area contributed by atoms with Crippen LogP contribution in [0.2, 0.25) is 0 Å². The number of nitrogens with one attached hydrogen (secondary N) is 2. The van der Waals surface area contributed by atoms with E-state index in [1.807, 2.05) is 36.4 Å². The number of pyridine rings is 1. The van der Waals surface area contributed by atoms with E-state index in [2.05, 4.69) is 30.7 Å². The zero-order valence-corrected chi connectivity index (χ0v) is 13.6. The molecule has 1 amide bonds. The molecule has 126 valence electrons. The summed E-state index contributed by atoms with van der Waals surface area (Å²) in [5, 5.41) is 15.0. The molecule has 2 N–H and O–H groups in total. The molecule has 0 spiro atoms. The Hall–Kier alpha value is -3.06. The van der Waals surface area contributed by atoms with Crippen molar-refractivity contribution in [3.8, 4) is 0 Å². The summed E-state index contributed by atoms with van der Waals surface area (Å²) < 4.78 is 0. The van der Waals surface area contributed by atoms with Crippen molar-refractivity contribution in [1.82, 2.24) is 20.5 Å². The lowest BCUT2D eigenvalue weighted by Crippen LogP contribution is -2.43. The highest BCUT2D eigenvalue weighted by Crippen LogP contribution is 2.25. The number of rotatable bonds is 3. The van der Waals surface area contributed by atoms with E-state index in [4.69, 9.17) is 0 Å². The number of anilines is 2. The minimum Gasteiger partial charge on any atom is -0.366 e. The van der Waals surface area contributed by atoms with Crippen molar-refractivity contribution in [3.63, 3.8) is 0 Å². The third-order valence-corrected chi connectivity index (χ3v) is 4.27. The maximum absolute atomic E-state index is 12.8. The molecule has 25 heavy (non-hydrogen) atoms. The highest BCUT2D eigenvalue weighted by atomic mass is 16.1. The van der Waals surface area contributed by atoms with Gasteiger partial charge in [0.25, 0.3) is 5.91 Å². The molecule has 0 unspecified atom stereocenters. The Morgan fingerprint density at radius 2 is 1.96 bits per heavy atom. The van der Waals surface area contributed by atoms with E-state index >= 15 is 0 Å². The van der Waals surface area contributed by atoms with Crippen LogP contribution >= 0.6 is 0 Å². The average molecular weight is 334 g/mol. The van der Waals surface area contributed by atoms with Crippen LogP contribution in [-0.2, 0) is 0 Å². The summed E-state index contributed by atoms with van der Waals surface area (Å²) in [5.74, 6) is 0.330. The van der Waals surface area contributed by atoms with Gasteiger partial charge in [0.15, 0.2) is 5.82 Å². The lowest BCUT2D eigenvalue weighted by molar-refractivity contribution is 0.102. The van der Waals surface area contributed by atoms with Crippen LogP contribution in [0.5, 0.6) is 0 Å². The van der Waals surface area contributed by atoms with Gasteiger partial charge in [-0.3, -0.25) is 4.79 Å². The molecule has 2 aromatic heterocycles. The fourth-order valence-electron chi connectivity index (χ4n) is 3.02. The van der Waals surface area contributed by atoms with Gasteiger partial charge in [0.1, 0.15) is 0 Å². The summed E-state index contributed by atoms with van der Waals surface area (Å²) >= 11 is 0. The highest BCUT2D eigenvalue weighted by Gasteiger charge is 2.18. The Balaban J connectivity index is 1.65. The van der Waals surface area contributed by atoms with Crippen molar-refractivity contribution in [2.24, 2.45) is 0 Å². The molecule has 7 nitrogen and oxygen atoms in total. The van der Waals surface area contributed by atoms with Crippen LogP contribution in [0.4, 0.5) is 11.5 Å². The molecule has 1 saturated heterocycles. The van der Waals surface area contributed by atoms with Gasteiger partial charge in [0.05, 0.1) is 23.0 Å². The van der Waals surface area contributed by atoms with Gasteiger partial charge in [0.2, 0.25) is 0 Å². The van der Waals surface area contributed by atoms with Crippen LogP contribution in [0.15, 0.2) is 48.8 Å². The Bertz CT molecular complexity index is 901. The molecular formula is C18H18N6O. The molecule has 0 atom stereocenters. The molecule has 0 saturated carbocycles. The Morgan fingerprint density at radius 1 is 1.12 bits per heavy atom. The van der Waals surface area contributed by atoms with Crippen molar-refractivity contribution in [3.05, 3.63) is 54.4 Å². The number of piperazine rings is 1. The van der Waals surface area contributed by atoms with Gasteiger partial charge in [0, 0.05) is 37.8 Å². The molecule has 3 heterocycles. The monoisotopic (exact) mass is 334 g/mol. The fourth-order valence-corrected chi connectivity index (χ4v) is 3.02. The van der Waals surface area contributed by atoms with E-state index in [9.17, 15) is 4.79 Å². The average Bonchev–Trinajstić information content (AvgIpc) is 2.68. The van der Waals surface area contributed by atoms with Gasteiger partial charge in [-0.05, 0) is 18.2 Å². The van der Waals surface area contributed by atoms with Crippen LogP contribution in [-0.4, -0.2) is 47.3 Å². The molecule has 0 aliphatic carbocycles. The van der Waals surface area contributed by atoms with E-state index in [0.29, 0.717) is 16.9 Å². The van der Waals surface area contributed by atoms with Crippen molar-refractivity contribution in [2.45, 2.75) is 0 Å².